The van der Waals surface area contributed by atoms with Gasteiger partial charge < -0.3 is 34.7 Å². The van der Waals surface area contributed by atoms with E-state index in [1.54, 1.807) is 10.8 Å². The van der Waals surface area contributed by atoms with Crippen LogP contribution in [0, 0.1) is 10.1 Å². The second-order valence-electron chi connectivity index (χ2n) is 7.57. The zero-order valence-corrected chi connectivity index (χ0v) is 17.6. The molecule has 0 amide bonds. The molecule has 176 valence electrons. The number of nitrogens with one attached hydrogen (secondary N) is 1. The number of benzene rings is 1. The summed E-state index contributed by atoms with van der Waals surface area (Å²) in [6.45, 7) is -0.529. The lowest BCUT2D eigenvalue weighted by atomic mass is 10.2. The zero-order chi connectivity index (χ0) is 23.7. The van der Waals surface area contributed by atoms with Crippen molar-refractivity contribution in [2.75, 3.05) is 19.5 Å². The van der Waals surface area contributed by atoms with E-state index in [0.717, 1.165) is 0 Å². The molecule has 3 aromatic rings. The molecule has 1 fully saturated rings. The third-order valence-corrected chi connectivity index (χ3v) is 5.47. The van der Waals surface area contributed by atoms with E-state index in [9.17, 15) is 25.1 Å². The third-order valence-electron chi connectivity index (χ3n) is 5.47. The Morgan fingerprint density at radius 3 is 2.82 bits per heavy atom. The molecule has 5 N–H and O–H groups in total. The minimum atomic E-state index is -0.884. The Morgan fingerprint density at radius 1 is 1.39 bits per heavy atom. The maximum absolute atomic E-state index is 12.6. The number of aromatic nitrogens is 3. The van der Waals surface area contributed by atoms with E-state index in [-0.39, 0.29) is 48.9 Å². The van der Waals surface area contributed by atoms with Gasteiger partial charge in [-0.2, -0.15) is 4.98 Å². The van der Waals surface area contributed by atoms with Crippen molar-refractivity contribution in [3.63, 3.8) is 0 Å². The molecule has 3 heterocycles. The van der Waals surface area contributed by atoms with Gasteiger partial charge in [0, 0.05) is 24.2 Å². The van der Waals surface area contributed by atoms with Gasteiger partial charge in [-0.15, -0.1) is 0 Å². The average Bonchev–Trinajstić information content (AvgIpc) is 3.33. The summed E-state index contributed by atoms with van der Waals surface area (Å²) in [5, 5.41) is 31.0. The highest BCUT2D eigenvalue weighted by Crippen LogP contribution is 2.33. The Bertz CT molecular complexity index is 1240. The molecule has 4 rings (SSSR count). The van der Waals surface area contributed by atoms with Crippen molar-refractivity contribution in [1.29, 1.82) is 0 Å². The quantitative estimate of drug-likeness (QED) is 0.273. The van der Waals surface area contributed by atoms with Crippen LogP contribution in [0.4, 0.5) is 11.6 Å². The molecular weight excluding hydrogens is 438 g/mol. The maximum Gasteiger partial charge on any atom is 0.275 e. The number of nitrogens with zero attached hydrogens (tertiary/aromatic N) is 3. The van der Waals surface area contributed by atoms with Crippen LogP contribution >= 0.6 is 0 Å². The van der Waals surface area contributed by atoms with Crippen molar-refractivity contribution in [3.05, 3.63) is 56.0 Å². The summed E-state index contributed by atoms with van der Waals surface area (Å²) in [6, 6.07) is 4.33. The number of nitrogens with two attached hydrogens (primary N) is 1. The van der Waals surface area contributed by atoms with Crippen LogP contribution < -0.4 is 16.0 Å². The lowest BCUT2D eigenvalue weighted by Crippen LogP contribution is -2.24. The SMILES string of the molecule is COc1ccc([N+](=O)[O-])c(COCc2cn([C@H]3CC(O)[C@@H](CO)O3)c3nc(N)[nH]c(=O)c23)c1. The maximum atomic E-state index is 12.6. The van der Waals surface area contributed by atoms with E-state index in [4.69, 9.17) is 19.9 Å². The van der Waals surface area contributed by atoms with Gasteiger partial charge >= 0.3 is 0 Å². The Balaban J connectivity index is 1.63. The minimum Gasteiger partial charge on any atom is -0.497 e. The molecule has 33 heavy (non-hydrogen) atoms. The number of aromatic amines is 1. The Labute approximate surface area is 186 Å². The van der Waals surface area contributed by atoms with Gasteiger partial charge in [0.1, 0.15) is 18.1 Å². The number of nitrogen functional groups attached to an aromatic ring is 1. The topological polar surface area (TPSA) is 188 Å². The first-order valence-electron chi connectivity index (χ1n) is 10.0. The van der Waals surface area contributed by atoms with Gasteiger partial charge in [0.25, 0.3) is 11.2 Å². The van der Waals surface area contributed by atoms with Crippen molar-refractivity contribution < 1.29 is 29.3 Å². The van der Waals surface area contributed by atoms with Gasteiger partial charge in [-0.05, 0) is 12.1 Å². The average molecular weight is 461 g/mol. The molecule has 1 unspecified atom stereocenters. The number of rotatable bonds is 8. The molecule has 3 atom stereocenters. The minimum absolute atomic E-state index is 0.0642. The number of H-pyrrole nitrogens is 1. The summed E-state index contributed by atoms with van der Waals surface area (Å²) < 4.78 is 18.1. The van der Waals surface area contributed by atoms with Gasteiger partial charge in [0.05, 0.1) is 48.9 Å². The number of nitro benzene ring substituents is 1. The first-order chi connectivity index (χ1) is 15.8. The Hall–Kier alpha value is -3.52. The van der Waals surface area contributed by atoms with Crippen LogP contribution in [-0.2, 0) is 22.7 Å². The van der Waals surface area contributed by atoms with Crippen LogP contribution in [0.3, 0.4) is 0 Å². The number of fused-ring (bicyclic) bond motifs is 1. The summed E-state index contributed by atoms with van der Waals surface area (Å²) in [5.41, 5.74) is 6.11. The monoisotopic (exact) mass is 461 g/mol. The summed E-state index contributed by atoms with van der Waals surface area (Å²) in [6.07, 6.45) is -0.546. The van der Waals surface area contributed by atoms with Crippen molar-refractivity contribution >= 4 is 22.7 Å². The predicted octanol–water partition coefficient (Wildman–Crippen LogP) is 0.581. The Kier molecular flexibility index (Phi) is 6.29. The number of nitro groups is 1. The molecule has 1 aliphatic heterocycles. The largest absolute Gasteiger partial charge is 0.497 e. The van der Waals surface area contributed by atoms with E-state index in [2.05, 4.69) is 9.97 Å². The number of aliphatic hydroxyl groups is 2. The van der Waals surface area contributed by atoms with Gasteiger partial charge in [0.2, 0.25) is 5.95 Å². The molecule has 0 saturated carbocycles. The summed E-state index contributed by atoms with van der Waals surface area (Å²) in [4.78, 5) is 30.1. The van der Waals surface area contributed by atoms with Gasteiger partial charge in [-0.1, -0.05) is 0 Å². The van der Waals surface area contributed by atoms with Crippen LogP contribution in [0.15, 0.2) is 29.2 Å². The normalized spacial score (nSPS) is 20.4. The molecule has 13 nitrogen and oxygen atoms in total. The van der Waals surface area contributed by atoms with Gasteiger partial charge in [-0.3, -0.25) is 19.9 Å². The van der Waals surface area contributed by atoms with Crippen molar-refractivity contribution in [2.24, 2.45) is 0 Å². The van der Waals surface area contributed by atoms with Crippen LogP contribution in [0.5, 0.6) is 5.75 Å². The fourth-order valence-electron chi connectivity index (χ4n) is 3.88. The molecule has 1 aromatic carbocycles. The van der Waals surface area contributed by atoms with E-state index in [0.29, 0.717) is 16.9 Å². The van der Waals surface area contributed by atoms with Crippen LogP contribution in [-0.4, -0.2) is 55.6 Å². The highest BCUT2D eigenvalue weighted by atomic mass is 16.6. The molecule has 1 aliphatic rings. The summed E-state index contributed by atoms with van der Waals surface area (Å²) in [5.74, 6) is 0.353. The number of ether oxygens (including phenoxy) is 3. The number of methoxy groups -OCH3 is 1. The van der Waals surface area contributed by atoms with E-state index < -0.39 is 28.9 Å². The molecule has 0 aliphatic carbocycles. The number of aliphatic hydroxyl groups excluding tert-OH is 2. The standard InChI is InChI=1S/C20H23N5O8/c1-31-12-2-3-13(25(29)30)10(4-12)8-32-9-11-6-24(16-5-14(27)15(7-26)33-16)18-17(11)19(28)23-20(21)22-18/h2-4,6,14-16,26-27H,5,7-9H2,1H3,(H3,21,22,23,28)/t14?,15-,16-/m1/s1. The van der Waals surface area contributed by atoms with E-state index >= 15 is 0 Å². The van der Waals surface area contributed by atoms with Crippen LogP contribution in [0.2, 0.25) is 0 Å². The van der Waals surface area contributed by atoms with Gasteiger partial charge in [0.15, 0.2) is 5.65 Å². The molecule has 0 radical (unpaired) electrons. The molecule has 0 bridgehead atoms. The lowest BCUT2D eigenvalue weighted by molar-refractivity contribution is -0.386. The van der Waals surface area contributed by atoms with E-state index in [1.807, 2.05) is 0 Å². The van der Waals surface area contributed by atoms with Crippen LogP contribution in [0.1, 0.15) is 23.8 Å². The number of hydrogen-bond acceptors (Lipinski definition) is 10. The number of hydrogen-bond donors (Lipinski definition) is 4. The molecular formula is C20H23N5O8. The van der Waals surface area contributed by atoms with Gasteiger partial charge in [-0.25, -0.2) is 0 Å². The fourth-order valence-corrected chi connectivity index (χ4v) is 3.88. The van der Waals surface area contributed by atoms with Crippen molar-refractivity contribution in [3.8, 4) is 5.75 Å². The first-order valence-corrected chi connectivity index (χ1v) is 10.0. The van der Waals surface area contributed by atoms with Crippen molar-refractivity contribution in [1.82, 2.24) is 14.5 Å². The molecule has 13 heteroatoms. The second-order valence-corrected chi connectivity index (χ2v) is 7.57. The lowest BCUT2D eigenvalue weighted by Gasteiger charge is -2.14. The fraction of sp³-hybridized carbons (Fsp3) is 0.400. The Morgan fingerprint density at radius 2 is 2.15 bits per heavy atom. The number of anilines is 1. The van der Waals surface area contributed by atoms with Crippen LogP contribution in [0.25, 0.3) is 11.0 Å². The van der Waals surface area contributed by atoms with Crippen molar-refractivity contribution in [2.45, 2.75) is 38.1 Å². The predicted molar refractivity (Wildman–Crippen MR) is 115 cm³/mol. The van der Waals surface area contributed by atoms with E-state index in [1.165, 1.54) is 25.3 Å². The smallest absolute Gasteiger partial charge is 0.275 e. The summed E-state index contributed by atoms with van der Waals surface area (Å²) in [7, 11) is 1.45. The summed E-state index contributed by atoms with van der Waals surface area (Å²) >= 11 is 0. The second kappa shape index (κ2) is 9.15. The highest BCUT2D eigenvalue weighted by molar-refractivity contribution is 5.80. The zero-order valence-electron chi connectivity index (χ0n) is 17.6. The molecule has 1 saturated heterocycles. The highest BCUT2D eigenvalue weighted by Gasteiger charge is 2.35. The third kappa shape index (κ3) is 4.39. The molecule has 0 spiro atoms. The first kappa shape index (κ1) is 22.7. The molecule has 2 aromatic heterocycles.